The quantitative estimate of drug-likeness (QED) is 0.161. The molecule has 0 unspecified atom stereocenters. The summed E-state index contributed by atoms with van der Waals surface area (Å²) in [5.41, 5.74) is 13.3. The number of benzene rings is 2. The second-order valence-corrected chi connectivity index (χ2v) is 10.2. The third-order valence-electron chi connectivity index (χ3n) is 5.59. The topological polar surface area (TPSA) is 216 Å². The number of hydrogen-bond acceptors (Lipinski definition) is 8. The largest absolute Gasteiger partial charge is 0.480 e. The van der Waals surface area contributed by atoms with Gasteiger partial charge in [-0.15, -0.1) is 0 Å². The number of carboxylic acids is 1. The van der Waals surface area contributed by atoms with Gasteiger partial charge in [-0.25, -0.2) is 18.1 Å². The van der Waals surface area contributed by atoms with Crippen molar-refractivity contribution in [2.45, 2.75) is 29.9 Å². The number of carboxylic acid groups (broad SMARTS) is 1. The number of carbonyl (C=O) groups excluding carboxylic acids is 1. The minimum absolute atomic E-state index is 0.0625. The standard InChI is InChI=1S/C24H26N8O6S/c25-24(26)29-16-8-6-15(7-9-16)20-10-18(38-30-20)11-22(33)27-13-21(23(34)35)31-39(36,37)19-12-28-32(14-19)17-4-2-1-3-5-17/h1-9,12,14,18,21,31H,10-11,13H2,(H,27,33)(H,34,35)(H4,25,26,29)/t18-,21-/m0/s1. The van der Waals surface area contributed by atoms with E-state index in [2.05, 4.69) is 25.3 Å². The lowest BCUT2D eigenvalue weighted by molar-refractivity contribution is -0.138. The van der Waals surface area contributed by atoms with E-state index in [0.717, 1.165) is 11.8 Å². The number of aliphatic imine (C=N–C) groups is 1. The number of aliphatic carboxylic acids is 1. The Morgan fingerprint density at radius 1 is 1.15 bits per heavy atom. The molecule has 14 nitrogen and oxygen atoms in total. The van der Waals surface area contributed by atoms with Crippen LogP contribution in [0, 0.1) is 0 Å². The highest BCUT2D eigenvalue weighted by Crippen LogP contribution is 2.21. The molecule has 1 amide bonds. The van der Waals surface area contributed by atoms with Gasteiger partial charge in [0.25, 0.3) is 0 Å². The van der Waals surface area contributed by atoms with E-state index in [1.165, 1.54) is 10.9 Å². The Labute approximate surface area is 223 Å². The van der Waals surface area contributed by atoms with Crippen molar-refractivity contribution in [1.29, 1.82) is 0 Å². The Hall–Kier alpha value is -4.76. The van der Waals surface area contributed by atoms with Gasteiger partial charge in [0.05, 0.1) is 35.9 Å². The van der Waals surface area contributed by atoms with E-state index in [-0.39, 0.29) is 17.3 Å². The first-order valence-corrected chi connectivity index (χ1v) is 13.1. The summed E-state index contributed by atoms with van der Waals surface area (Å²) in [5.74, 6) is -2.05. The molecule has 0 saturated carbocycles. The third-order valence-corrected chi connectivity index (χ3v) is 7.02. The van der Waals surface area contributed by atoms with Crippen LogP contribution in [0.5, 0.6) is 0 Å². The van der Waals surface area contributed by atoms with Crippen LogP contribution in [0.25, 0.3) is 5.69 Å². The van der Waals surface area contributed by atoms with Gasteiger partial charge in [0.2, 0.25) is 15.9 Å². The smallest absolute Gasteiger partial charge is 0.323 e. The van der Waals surface area contributed by atoms with Gasteiger partial charge in [-0.3, -0.25) is 9.59 Å². The fourth-order valence-electron chi connectivity index (χ4n) is 3.68. The average Bonchev–Trinajstić information content (AvgIpc) is 3.58. The van der Waals surface area contributed by atoms with Crippen molar-refractivity contribution in [2.75, 3.05) is 6.54 Å². The van der Waals surface area contributed by atoms with Crippen LogP contribution < -0.4 is 21.5 Å². The zero-order valence-electron chi connectivity index (χ0n) is 20.5. The highest BCUT2D eigenvalue weighted by Gasteiger charge is 2.29. The molecule has 0 fully saturated rings. The van der Waals surface area contributed by atoms with Crippen LogP contribution >= 0.6 is 0 Å². The lowest BCUT2D eigenvalue weighted by Gasteiger charge is -2.15. The summed E-state index contributed by atoms with van der Waals surface area (Å²) in [6.07, 6.45) is 2.04. The normalized spacial score (nSPS) is 15.6. The first kappa shape index (κ1) is 27.3. The van der Waals surface area contributed by atoms with Crippen molar-refractivity contribution in [3.8, 4) is 5.69 Å². The minimum Gasteiger partial charge on any atom is -0.480 e. The van der Waals surface area contributed by atoms with E-state index in [1.54, 1.807) is 54.6 Å². The van der Waals surface area contributed by atoms with Crippen LogP contribution in [-0.2, 0) is 24.4 Å². The molecule has 0 radical (unpaired) electrons. The number of nitrogens with zero attached hydrogens (tertiary/aromatic N) is 4. The SMILES string of the molecule is NC(N)=Nc1ccc(C2=NO[C@H](CC(=O)NC[C@H](NS(=O)(=O)c3cnn(-c4ccccc4)c3)C(=O)O)C2)cc1. The van der Waals surface area contributed by atoms with Gasteiger partial charge in [0, 0.05) is 13.0 Å². The molecule has 7 N–H and O–H groups in total. The first-order chi connectivity index (χ1) is 18.6. The molecule has 15 heteroatoms. The van der Waals surface area contributed by atoms with Crippen molar-refractivity contribution >= 4 is 39.3 Å². The van der Waals surface area contributed by atoms with E-state index >= 15 is 0 Å². The Morgan fingerprint density at radius 3 is 2.54 bits per heavy atom. The number of amides is 1. The summed E-state index contributed by atoms with van der Waals surface area (Å²) in [4.78, 5) is 33.2. The maximum atomic E-state index is 12.8. The van der Waals surface area contributed by atoms with Gasteiger partial charge in [-0.1, -0.05) is 35.5 Å². The van der Waals surface area contributed by atoms with Gasteiger partial charge < -0.3 is 26.7 Å². The molecule has 0 spiro atoms. The molecule has 2 aromatic carbocycles. The van der Waals surface area contributed by atoms with Crippen LogP contribution in [0.2, 0.25) is 0 Å². The van der Waals surface area contributed by atoms with Crippen molar-refractivity contribution in [3.05, 3.63) is 72.6 Å². The van der Waals surface area contributed by atoms with E-state index in [0.29, 0.717) is 23.5 Å². The molecule has 0 aliphatic carbocycles. The van der Waals surface area contributed by atoms with Crippen LogP contribution in [0.4, 0.5) is 5.69 Å². The van der Waals surface area contributed by atoms with Crippen LogP contribution in [-0.4, -0.2) is 65.5 Å². The molecule has 4 rings (SSSR count). The van der Waals surface area contributed by atoms with Gasteiger partial charge in [0.1, 0.15) is 17.0 Å². The number of para-hydroxylation sites is 1. The number of nitrogens with one attached hydrogen (secondary N) is 2. The van der Waals surface area contributed by atoms with E-state index in [4.69, 9.17) is 16.3 Å². The zero-order valence-corrected chi connectivity index (χ0v) is 21.3. The maximum Gasteiger partial charge on any atom is 0.323 e. The summed E-state index contributed by atoms with van der Waals surface area (Å²) in [6, 6.07) is 14.1. The molecule has 0 bridgehead atoms. The Balaban J connectivity index is 1.29. The highest BCUT2D eigenvalue weighted by molar-refractivity contribution is 7.89. The molecule has 0 saturated heterocycles. The number of carbonyl (C=O) groups is 2. The maximum absolute atomic E-state index is 12.8. The lowest BCUT2D eigenvalue weighted by Crippen LogP contribution is -2.48. The number of sulfonamides is 1. The molecular weight excluding hydrogens is 528 g/mol. The number of rotatable bonds is 11. The average molecular weight is 555 g/mol. The molecule has 204 valence electrons. The Morgan fingerprint density at radius 2 is 1.87 bits per heavy atom. The van der Waals surface area contributed by atoms with E-state index in [9.17, 15) is 23.1 Å². The number of oxime groups is 1. The van der Waals surface area contributed by atoms with Crippen LogP contribution in [0.3, 0.4) is 0 Å². The number of hydrogen-bond donors (Lipinski definition) is 5. The molecular formula is C24H26N8O6S. The monoisotopic (exact) mass is 554 g/mol. The van der Waals surface area contributed by atoms with Gasteiger partial charge in [-0.05, 0) is 29.8 Å². The zero-order chi connectivity index (χ0) is 28.0. The predicted molar refractivity (Wildman–Crippen MR) is 141 cm³/mol. The third kappa shape index (κ3) is 7.18. The van der Waals surface area contributed by atoms with Crippen molar-refractivity contribution in [2.24, 2.45) is 21.6 Å². The van der Waals surface area contributed by atoms with Gasteiger partial charge in [0.15, 0.2) is 5.96 Å². The first-order valence-electron chi connectivity index (χ1n) is 11.7. The second kappa shape index (κ2) is 11.7. The Bertz CT molecular complexity index is 1500. The number of aromatic nitrogens is 2. The van der Waals surface area contributed by atoms with Crippen molar-refractivity contribution in [3.63, 3.8) is 0 Å². The van der Waals surface area contributed by atoms with E-state index < -0.39 is 40.6 Å². The fraction of sp³-hybridized carbons (Fsp3) is 0.208. The molecule has 3 aromatic rings. The van der Waals surface area contributed by atoms with Crippen molar-refractivity contribution in [1.82, 2.24) is 19.8 Å². The molecule has 2 atom stereocenters. The highest BCUT2D eigenvalue weighted by atomic mass is 32.2. The van der Waals surface area contributed by atoms with Gasteiger partial charge >= 0.3 is 5.97 Å². The lowest BCUT2D eigenvalue weighted by atomic mass is 10.0. The molecule has 2 heterocycles. The van der Waals surface area contributed by atoms with E-state index in [1.807, 2.05) is 0 Å². The van der Waals surface area contributed by atoms with Gasteiger partial charge in [-0.2, -0.15) is 9.82 Å². The summed E-state index contributed by atoms with van der Waals surface area (Å²) >= 11 is 0. The number of guanidine groups is 1. The number of nitrogens with two attached hydrogens (primary N) is 2. The summed E-state index contributed by atoms with van der Waals surface area (Å²) in [5, 5.41) is 20.0. The molecule has 39 heavy (non-hydrogen) atoms. The summed E-state index contributed by atoms with van der Waals surface area (Å²) in [7, 11) is -4.24. The second-order valence-electron chi connectivity index (χ2n) is 8.53. The summed E-state index contributed by atoms with van der Waals surface area (Å²) < 4.78 is 29.0. The van der Waals surface area contributed by atoms with Crippen LogP contribution in [0.1, 0.15) is 18.4 Å². The Kier molecular flexibility index (Phi) is 8.21. The summed E-state index contributed by atoms with van der Waals surface area (Å²) in [6.45, 7) is -0.479. The molecule has 1 aliphatic heterocycles. The fourth-order valence-corrected chi connectivity index (χ4v) is 4.80. The minimum atomic E-state index is -4.24. The predicted octanol–water partition coefficient (Wildman–Crippen LogP) is 0.208. The van der Waals surface area contributed by atoms with Crippen LogP contribution in [0.15, 0.2) is 82.0 Å². The molecule has 1 aliphatic rings. The van der Waals surface area contributed by atoms with Crippen molar-refractivity contribution < 1.29 is 28.0 Å². The molecule has 1 aromatic heterocycles.